The number of carbonyl (C=O) groups is 10. The molecule has 606 valence electrons. The van der Waals surface area contributed by atoms with Gasteiger partial charge < -0.3 is 86.1 Å². The molecule has 4 fully saturated rings. The van der Waals surface area contributed by atoms with Crippen LogP contribution < -0.4 is 52.6 Å². The van der Waals surface area contributed by atoms with Gasteiger partial charge in [-0.25, -0.2) is 9.18 Å². The van der Waals surface area contributed by atoms with Gasteiger partial charge in [-0.05, 0) is 127 Å². The molecular weight excluding hydrogens is 1460 g/mol. The summed E-state index contributed by atoms with van der Waals surface area (Å²) in [5.41, 5.74) is 6.14. The number of nitrogens with zero attached hydrogens (tertiary/aromatic N) is 1. The molecule has 32 heteroatoms. The lowest BCUT2D eigenvalue weighted by molar-refractivity contribution is -0.202. The Balaban J connectivity index is 0.708. The number of alkyl halides is 1. The number of amides is 9. The van der Waals surface area contributed by atoms with Crippen LogP contribution >= 0.6 is 0 Å². The Hall–Kier alpha value is -8.86. The van der Waals surface area contributed by atoms with Crippen molar-refractivity contribution in [1.29, 1.82) is 0 Å². The lowest BCUT2D eigenvalue weighted by Crippen LogP contribution is -2.64. The van der Waals surface area contributed by atoms with Crippen molar-refractivity contribution in [2.45, 2.75) is 167 Å². The molecular formula is C79H106FN9O21S. The number of urea groups is 1. The largest absolute Gasteiger partial charge is 0.486 e. The maximum Gasteiger partial charge on any atom is 0.312 e. The van der Waals surface area contributed by atoms with E-state index in [2.05, 4.69) is 37.2 Å². The molecule has 3 aromatic carbocycles. The van der Waals surface area contributed by atoms with Crippen LogP contribution in [-0.2, 0) is 88.2 Å². The second-order valence-corrected chi connectivity index (χ2v) is 31.2. The Labute approximate surface area is 646 Å². The average Bonchev–Trinajstić information content (AvgIpc) is 1.52. The fourth-order valence-electron chi connectivity index (χ4n) is 16.2. The van der Waals surface area contributed by atoms with Gasteiger partial charge in [-0.1, -0.05) is 102 Å². The summed E-state index contributed by atoms with van der Waals surface area (Å²) >= 11 is 0. The number of halogens is 1. The number of carbonyl (C=O) groups excluding carboxylic acids is 10. The maximum atomic E-state index is 16.3. The first-order valence-corrected chi connectivity index (χ1v) is 39.7. The molecule has 0 spiro atoms. The minimum atomic E-state index is -4.42. The van der Waals surface area contributed by atoms with Crippen LogP contribution in [0, 0.1) is 34.5 Å². The first kappa shape index (κ1) is 86.1. The van der Waals surface area contributed by atoms with E-state index in [1.807, 2.05) is 81.5 Å². The first-order chi connectivity index (χ1) is 53.0. The highest BCUT2D eigenvalue weighted by molar-refractivity contribution is 7.85. The van der Waals surface area contributed by atoms with Crippen LogP contribution in [0.25, 0.3) is 12.2 Å². The van der Waals surface area contributed by atoms with E-state index in [1.165, 1.54) is 36.4 Å². The minimum absolute atomic E-state index is 0.0152. The van der Waals surface area contributed by atoms with Crippen LogP contribution in [0.3, 0.4) is 0 Å². The van der Waals surface area contributed by atoms with Crippen LogP contribution in [0.15, 0.2) is 96.6 Å². The van der Waals surface area contributed by atoms with E-state index in [0.29, 0.717) is 31.4 Å². The van der Waals surface area contributed by atoms with Gasteiger partial charge in [0.05, 0.1) is 83.0 Å². The lowest BCUT2D eigenvalue weighted by Gasteiger charge is -2.60. The highest BCUT2D eigenvalue weighted by atomic mass is 32.2. The van der Waals surface area contributed by atoms with Gasteiger partial charge in [0.1, 0.15) is 36.7 Å². The molecule has 3 saturated carbocycles. The van der Waals surface area contributed by atoms with Gasteiger partial charge in [0.25, 0.3) is 10.1 Å². The maximum absolute atomic E-state index is 16.3. The van der Waals surface area contributed by atoms with E-state index in [9.17, 15) is 61.5 Å². The van der Waals surface area contributed by atoms with Gasteiger partial charge >= 0.3 is 6.03 Å². The third kappa shape index (κ3) is 22.7. The molecule has 2 aliphatic heterocycles. The van der Waals surface area contributed by atoms with E-state index in [1.54, 1.807) is 24.8 Å². The number of aliphatic hydroxyl groups is 1. The van der Waals surface area contributed by atoms with Crippen molar-refractivity contribution in [1.82, 2.24) is 31.9 Å². The molecule has 111 heavy (non-hydrogen) atoms. The minimum Gasteiger partial charge on any atom is -0.486 e. The first-order valence-electron chi connectivity index (χ1n) is 38.1. The number of allylic oxidation sites excluding steroid dienone is 4. The highest BCUT2D eigenvalue weighted by Crippen LogP contribution is 2.70. The van der Waals surface area contributed by atoms with Gasteiger partial charge in [0.15, 0.2) is 17.7 Å². The van der Waals surface area contributed by atoms with Crippen molar-refractivity contribution >= 4 is 92.6 Å². The number of hydrogen-bond donors (Lipinski definition) is 10. The number of primary amides is 1. The van der Waals surface area contributed by atoms with Crippen molar-refractivity contribution < 1.29 is 104 Å². The fraction of sp³-hybridized carbons (Fsp3) is 0.570. The topological polar surface area (TPSA) is 423 Å². The highest BCUT2D eigenvalue weighted by Gasteiger charge is 2.76. The summed E-state index contributed by atoms with van der Waals surface area (Å²) in [6, 6.07) is 16.7. The predicted octanol–water partition coefficient (Wildman–Crippen LogP) is 5.10. The zero-order valence-electron chi connectivity index (χ0n) is 63.5. The molecule has 30 nitrogen and oxygen atoms in total. The standard InChI is InChI=1S/C79H106FN9O21S/c1-6-12-70-109-65-45-57-56-44-59(80)58-43-54(90)28-30-77(58,4)71(56)63(91)46-78(57,5)79(65,110-70)64(92)48-108-55-22-20-53(21-23-55)85-73(97)60(16-11-31-84-76(81)100)87-75(99)72(49(2)3)88-74(98)61(24-25-66(93)83-33-42-111(101,102)103)86-68(95)29-34-104-36-38-106-40-41-107-39-37-105-35-32-82-67(94)26-27-69(96)89-47-52-15-8-7-13-50(52)18-19-51-14-9-10-17-62(51)89/h7-10,13-15,17-23,28,30,43,49,56-57,59-61,63,65,70-72,91H,6,11-12,16,24-27,29,31-42,44-48H2,1-5H3,(H,82,94)(H,83,93)(H,85,97)(H,86,95)(H,87,99)(H,88,98)(H3,81,84,100)(H,101,102,103)/b19-18-/t56-,57-,59-,60-,61+,63-,65+,70?,71?,72-,77-,78-,79+/m0/s1. The second-order valence-electron chi connectivity index (χ2n) is 29.6. The molecule has 3 aromatic rings. The van der Waals surface area contributed by atoms with Crippen LogP contribution in [0.2, 0.25) is 0 Å². The van der Waals surface area contributed by atoms with Gasteiger partial charge in [-0.2, -0.15) is 8.42 Å². The Bertz CT molecular complexity index is 4010. The molecule has 9 amide bonds. The Kier molecular flexibility index (Phi) is 31.1. The van der Waals surface area contributed by atoms with Gasteiger partial charge in [-0.3, -0.25) is 47.7 Å². The van der Waals surface area contributed by atoms with E-state index < -0.39 is 148 Å². The number of rotatable bonds is 42. The average molecular weight is 1570 g/mol. The number of nitrogens with two attached hydrogens (primary N) is 1. The summed E-state index contributed by atoms with van der Waals surface area (Å²) < 4.78 is 89.8. The van der Waals surface area contributed by atoms with Gasteiger partial charge in [-0.15, -0.1) is 0 Å². The summed E-state index contributed by atoms with van der Waals surface area (Å²) in [6.45, 7) is 10.0. The number of nitrogens with one attached hydrogen (secondary N) is 7. The summed E-state index contributed by atoms with van der Waals surface area (Å²) in [7, 11) is -4.42. The summed E-state index contributed by atoms with van der Waals surface area (Å²) in [5.74, 6) is -7.26. The van der Waals surface area contributed by atoms with Crippen molar-refractivity contribution in [2.24, 2.45) is 40.2 Å². The third-order valence-electron chi connectivity index (χ3n) is 21.6. The van der Waals surface area contributed by atoms with E-state index in [4.69, 9.17) is 43.4 Å². The molecule has 13 atom stereocenters. The second kappa shape index (κ2) is 40.0. The van der Waals surface area contributed by atoms with Crippen LogP contribution in [0.1, 0.15) is 128 Å². The quantitative estimate of drug-likeness (QED) is 0.0260. The predicted molar refractivity (Wildman–Crippen MR) is 406 cm³/mol. The molecule has 0 bridgehead atoms. The van der Waals surface area contributed by atoms with Crippen molar-refractivity contribution in [3.8, 4) is 5.75 Å². The van der Waals surface area contributed by atoms with E-state index in [-0.39, 0.29) is 158 Å². The molecule has 0 radical (unpaired) electrons. The molecule has 9 rings (SSSR count). The fourth-order valence-corrected chi connectivity index (χ4v) is 16.6. The monoisotopic (exact) mass is 1570 g/mol. The lowest BCUT2D eigenvalue weighted by atomic mass is 9.46. The molecule has 4 aliphatic carbocycles. The number of ketones is 2. The zero-order valence-corrected chi connectivity index (χ0v) is 64.3. The normalized spacial score (nSPS) is 24.5. The number of Topliss-reactive ketones (excluding diaryl/α,β-unsaturated/α-hetero) is 1. The van der Waals surface area contributed by atoms with Crippen molar-refractivity contribution in [3.63, 3.8) is 0 Å². The number of ether oxygens (including phenoxy) is 7. The van der Waals surface area contributed by atoms with E-state index in [0.717, 1.165) is 22.4 Å². The zero-order chi connectivity index (χ0) is 80.0. The Morgan fingerprint density at radius 3 is 2.05 bits per heavy atom. The summed E-state index contributed by atoms with van der Waals surface area (Å²) in [6.07, 6.45) is 5.59. The number of hydrogen-bond acceptors (Lipinski definition) is 20. The van der Waals surface area contributed by atoms with Crippen LogP contribution in [-0.4, -0.2) is 210 Å². The SMILES string of the molecule is CCCC1O[C@@H]2C[C@H]3[C@@H]4C[C@H](F)C5=CC(=O)C=C[C@]5(C)C4[C@@H](O)C[C@]3(C)[C@]2(C(=O)COc2ccc(NC(=O)[C@H](CCCNC(N)=O)NC(=O)[C@@H](NC(=O)[C@@H](CCC(=O)NCCS(=O)(=O)O)NC(=O)CCOCCOCCOCCOCCNC(=O)CCC(=O)N3Cc4ccccc4/C=C\c4ccccc43)C(C)C)cc2)O1. The van der Waals surface area contributed by atoms with Gasteiger partial charge in [0, 0.05) is 67.8 Å². The van der Waals surface area contributed by atoms with E-state index >= 15 is 4.39 Å². The van der Waals surface area contributed by atoms with Gasteiger partial charge in [0.2, 0.25) is 47.1 Å². The smallest absolute Gasteiger partial charge is 0.312 e. The number of benzene rings is 3. The summed E-state index contributed by atoms with van der Waals surface area (Å²) in [4.78, 5) is 136. The molecule has 2 heterocycles. The Morgan fingerprint density at radius 2 is 1.36 bits per heavy atom. The molecule has 0 aromatic heterocycles. The van der Waals surface area contributed by atoms with Crippen LogP contribution in [0.5, 0.6) is 5.75 Å². The number of para-hydroxylation sites is 1. The molecule has 11 N–H and O–H groups in total. The molecule has 2 unspecified atom stereocenters. The van der Waals surface area contributed by atoms with Crippen LogP contribution in [0.4, 0.5) is 20.6 Å². The number of aliphatic hydroxyl groups excluding tert-OH is 1. The molecule has 6 aliphatic rings. The van der Waals surface area contributed by atoms with Crippen molar-refractivity contribution in [2.75, 3.05) is 95.1 Å². The number of fused-ring (bicyclic) bond motifs is 9. The van der Waals surface area contributed by atoms with Crippen molar-refractivity contribution in [3.05, 3.63) is 113 Å². The third-order valence-corrected chi connectivity index (χ3v) is 22.3. The number of anilines is 2. The summed E-state index contributed by atoms with van der Waals surface area (Å²) in [5, 5.41) is 30.4. The molecule has 1 saturated heterocycles. The Morgan fingerprint density at radius 1 is 0.712 bits per heavy atom.